The predicted octanol–water partition coefficient (Wildman–Crippen LogP) is 2.34. The topological polar surface area (TPSA) is 74.2 Å². The van der Waals surface area contributed by atoms with Crippen molar-refractivity contribution in [1.29, 1.82) is 0 Å². The summed E-state index contributed by atoms with van der Waals surface area (Å²) in [5.41, 5.74) is 6.07. The van der Waals surface area contributed by atoms with E-state index in [1.54, 1.807) is 24.3 Å². The maximum Gasteiger partial charge on any atom is 0.396 e. The van der Waals surface area contributed by atoms with E-state index in [-0.39, 0.29) is 12.5 Å². The molecule has 19 heavy (non-hydrogen) atoms. The van der Waals surface area contributed by atoms with Crippen LogP contribution in [0, 0.1) is 0 Å². The second-order valence-corrected chi connectivity index (χ2v) is 3.75. The summed E-state index contributed by atoms with van der Waals surface area (Å²) in [7, 11) is 0. The van der Waals surface area contributed by atoms with E-state index in [9.17, 15) is 13.2 Å². The van der Waals surface area contributed by atoms with Crippen LogP contribution in [0.3, 0.4) is 0 Å². The van der Waals surface area contributed by atoms with Gasteiger partial charge in [-0.2, -0.15) is 18.2 Å². The van der Waals surface area contributed by atoms with Crippen molar-refractivity contribution in [3.63, 3.8) is 0 Å². The average molecular weight is 273 g/mol. The number of ether oxygens (including phenoxy) is 1. The molecule has 5 nitrogen and oxygen atoms in total. The Morgan fingerprint density at radius 2 is 1.89 bits per heavy atom. The first kappa shape index (κ1) is 13.2. The summed E-state index contributed by atoms with van der Waals surface area (Å²) in [6, 6.07) is 6.53. The van der Waals surface area contributed by atoms with Crippen molar-refractivity contribution < 1.29 is 22.4 Å². The maximum atomic E-state index is 12.1. The van der Waals surface area contributed by atoms with E-state index in [0.717, 1.165) is 0 Å². The van der Waals surface area contributed by atoms with Crippen molar-refractivity contribution in [3.8, 4) is 5.75 Å². The zero-order chi connectivity index (χ0) is 13.9. The molecule has 1 aromatic carbocycles. The molecule has 0 fully saturated rings. The van der Waals surface area contributed by atoms with E-state index < -0.39 is 18.4 Å². The summed E-state index contributed by atoms with van der Waals surface area (Å²) >= 11 is 0. The van der Waals surface area contributed by atoms with Gasteiger partial charge < -0.3 is 15.0 Å². The van der Waals surface area contributed by atoms with Crippen molar-refractivity contribution in [2.24, 2.45) is 0 Å². The second-order valence-electron chi connectivity index (χ2n) is 3.75. The van der Waals surface area contributed by atoms with E-state index >= 15 is 0 Å². The Balaban J connectivity index is 1.91. The molecular formula is C11H10F3N3O2. The highest BCUT2D eigenvalue weighted by Gasteiger charge is 2.30. The molecule has 0 atom stereocenters. The number of rotatable bonds is 4. The highest BCUT2D eigenvalue weighted by molar-refractivity contribution is 5.41. The number of nitrogens with zero attached hydrogens (tertiary/aromatic N) is 2. The van der Waals surface area contributed by atoms with Gasteiger partial charge in [0.15, 0.2) is 12.4 Å². The van der Waals surface area contributed by atoms with E-state index in [1.807, 2.05) is 0 Å². The number of halogens is 3. The van der Waals surface area contributed by atoms with Crippen LogP contribution >= 0.6 is 0 Å². The minimum Gasteiger partial charge on any atom is -0.484 e. The van der Waals surface area contributed by atoms with Crippen LogP contribution in [0.25, 0.3) is 0 Å². The maximum absolute atomic E-state index is 12.1. The summed E-state index contributed by atoms with van der Waals surface area (Å²) < 4.78 is 46.1. The standard InChI is InChI=1S/C11H10F3N3O2/c12-11(13,14)5-9-16-10(19-17-9)6-18-8-3-1-7(15)2-4-8/h1-4H,5-6,15H2. The normalized spacial score (nSPS) is 11.5. The molecule has 2 N–H and O–H groups in total. The SMILES string of the molecule is Nc1ccc(OCc2nc(CC(F)(F)F)no2)cc1. The molecule has 102 valence electrons. The van der Waals surface area contributed by atoms with Crippen LogP contribution < -0.4 is 10.5 Å². The average Bonchev–Trinajstić information content (AvgIpc) is 2.73. The summed E-state index contributed by atoms with van der Waals surface area (Å²) in [5, 5.41) is 3.22. The molecule has 0 saturated carbocycles. The molecule has 0 aliphatic heterocycles. The molecule has 1 aromatic heterocycles. The molecule has 0 aliphatic rings. The summed E-state index contributed by atoms with van der Waals surface area (Å²) in [5.74, 6) is 0.0734. The lowest BCUT2D eigenvalue weighted by atomic mass is 10.3. The Kier molecular flexibility index (Phi) is 3.59. The number of alkyl halides is 3. The van der Waals surface area contributed by atoms with Crippen molar-refractivity contribution in [3.05, 3.63) is 36.0 Å². The Morgan fingerprint density at radius 1 is 1.21 bits per heavy atom. The Bertz CT molecular complexity index is 537. The molecular weight excluding hydrogens is 263 g/mol. The summed E-state index contributed by atoms with van der Waals surface area (Å²) in [4.78, 5) is 3.58. The fourth-order valence-electron chi connectivity index (χ4n) is 1.31. The minimum absolute atomic E-state index is 0.0175. The quantitative estimate of drug-likeness (QED) is 0.865. The first-order valence-corrected chi connectivity index (χ1v) is 5.29. The predicted molar refractivity (Wildman–Crippen MR) is 59.2 cm³/mol. The van der Waals surface area contributed by atoms with Gasteiger partial charge in [-0.25, -0.2) is 0 Å². The van der Waals surface area contributed by atoms with Crippen LogP contribution in [0.15, 0.2) is 28.8 Å². The van der Waals surface area contributed by atoms with E-state index in [0.29, 0.717) is 11.4 Å². The van der Waals surface area contributed by atoms with Crippen LogP contribution in [0.2, 0.25) is 0 Å². The third-order valence-electron chi connectivity index (χ3n) is 2.11. The first-order valence-electron chi connectivity index (χ1n) is 5.29. The van der Waals surface area contributed by atoms with Crippen LogP contribution in [0.4, 0.5) is 18.9 Å². The number of hydrogen-bond donors (Lipinski definition) is 1. The zero-order valence-corrected chi connectivity index (χ0v) is 9.65. The third-order valence-corrected chi connectivity index (χ3v) is 2.11. The molecule has 2 rings (SSSR count). The molecule has 0 bridgehead atoms. The molecule has 0 unspecified atom stereocenters. The molecule has 2 aromatic rings. The van der Waals surface area contributed by atoms with Crippen LogP contribution in [0.1, 0.15) is 11.7 Å². The van der Waals surface area contributed by atoms with E-state index in [4.69, 9.17) is 10.5 Å². The zero-order valence-electron chi connectivity index (χ0n) is 9.65. The number of nitrogens with two attached hydrogens (primary N) is 1. The van der Waals surface area contributed by atoms with Crippen molar-refractivity contribution >= 4 is 5.69 Å². The van der Waals surface area contributed by atoms with Gasteiger partial charge in [0.1, 0.15) is 12.2 Å². The summed E-state index contributed by atoms with van der Waals surface area (Å²) in [6.45, 7) is -0.102. The van der Waals surface area contributed by atoms with Crippen molar-refractivity contribution in [1.82, 2.24) is 10.1 Å². The van der Waals surface area contributed by atoms with Crippen molar-refractivity contribution in [2.45, 2.75) is 19.2 Å². The lowest BCUT2D eigenvalue weighted by Crippen LogP contribution is -2.12. The van der Waals surface area contributed by atoms with Crippen LogP contribution in [0.5, 0.6) is 5.75 Å². The molecule has 1 heterocycles. The van der Waals surface area contributed by atoms with Gasteiger partial charge in [0.25, 0.3) is 5.89 Å². The van der Waals surface area contributed by atoms with Gasteiger partial charge in [0.05, 0.1) is 0 Å². The Labute approximate surface area is 106 Å². The van der Waals surface area contributed by atoms with Crippen molar-refractivity contribution in [2.75, 3.05) is 5.73 Å². The fraction of sp³-hybridized carbons (Fsp3) is 0.273. The molecule has 0 aliphatic carbocycles. The van der Waals surface area contributed by atoms with Crippen LogP contribution in [-0.4, -0.2) is 16.3 Å². The van der Waals surface area contributed by atoms with Gasteiger partial charge in [0, 0.05) is 5.69 Å². The number of benzene rings is 1. The highest BCUT2D eigenvalue weighted by atomic mass is 19.4. The minimum atomic E-state index is -4.36. The van der Waals surface area contributed by atoms with Gasteiger partial charge >= 0.3 is 6.18 Å². The van der Waals surface area contributed by atoms with Gasteiger partial charge in [-0.1, -0.05) is 5.16 Å². The molecule has 8 heteroatoms. The molecule has 0 saturated heterocycles. The first-order chi connectivity index (χ1) is 8.92. The number of nitrogen functional groups attached to an aromatic ring is 1. The second kappa shape index (κ2) is 5.17. The van der Waals surface area contributed by atoms with Gasteiger partial charge in [-0.3, -0.25) is 0 Å². The number of anilines is 1. The third kappa shape index (κ3) is 4.16. The lowest BCUT2D eigenvalue weighted by molar-refractivity contribution is -0.128. The lowest BCUT2D eigenvalue weighted by Gasteiger charge is -2.02. The smallest absolute Gasteiger partial charge is 0.396 e. The van der Waals surface area contributed by atoms with Gasteiger partial charge in [-0.15, -0.1) is 0 Å². The largest absolute Gasteiger partial charge is 0.484 e. The Hall–Kier alpha value is -2.25. The van der Waals surface area contributed by atoms with Gasteiger partial charge in [0.2, 0.25) is 0 Å². The molecule has 0 spiro atoms. The van der Waals surface area contributed by atoms with E-state index in [1.165, 1.54) is 0 Å². The number of hydrogen-bond acceptors (Lipinski definition) is 5. The number of aromatic nitrogens is 2. The molecule has 0 amide bonds. The van der Waals surface area contributed by atoms with Crippen LogP contribution in [-0.2, 0) is 13.0 Å². The fourth-order valence-corrected chi connectivity index (χ4v) is 1.31. The van der Waals surface area contributed by atoms with E-state index in [2.05, 4.69) is 14.7 Å². The van der Waals surface area contributed by atoms with Gasteiger partial charge in [-0.05, 0) is 24.3 Å². The Morgan fingerprint density at radius 3 is 2.53 bits per heavy atom. The highest BCUT2D eigenvalue weighted by Crippen LogP contribution is 2.20. The molecule has 0 radical (unpaired) electrons. The summed E-state index contributed by atoms with van der Waals surface area (Å²) in [6.07, 6.45) is -5.59. The monoisotopic (exact) mass is 273 g/mol.